The summed E-state index contributed by atoms with van der Waals surface area (Å²) < 4.78 is 0. The Kier molecular flexibility index (Phi) is 7.08. The van der Waals surface area contributed by atoms with Crippen LogP contribution in [0.25, 0.3) is 0 Å². The molecule has 0 unspecified atom stereocenters. The van der Waals surface area contributed by atoms with E-state index in [0.717, 1.165) is 6.54 Å². The number of hydrogen-bond donors (Lipinski definition) is 1. The van der Waals surface area contributed by atoms with Crippen molar-refractivity contribution in [3.05, 3.63) is 29.8 Å². The molecule has 1 aromatic carbocycles. The number of anilines is 1. The first-order valence-electron chi connectivity index (χ1n) is 8.24. The van der Waals surface area contributed by atoms with Gasteiger partial charge < -0.3 is 10.2 Å². The summed E-state index contributed by atoms with van der Waals surface area (Å²) in [6.45, 7) is 11.9. The fraction of sp³-hybridized carbons (Fsp3) is 0.667. The van der Waals surface area contributed by atoms with Crippen LogP contribution in [-0.4, -0.2) is 31.6 Å². The monoisotopic (exact) mass is 276 g/mol. The van der Waals surface area contributed by atoms with Gasteiger partial charge in [-0.05, 0) is 44.6 Å². The normalized spacial score (nSPS) is 19.1. The lowest BCUT2D eigenvalue weighted by Crippen LogP contribution is -2.42. The number of nitrogens with zero attached hydrogens (tertiary/aromatic N) is 1. The molecule has 1 aromatic rings. The van der Waals surface area contributed by atoms with E-state index in [-0.39, 0.29) is 0 Å². The van der Waals surface area contributed by atoms with E-state index in [0.29, 0.717) is 5.41 Å². The standard InChI is InChI=1S/C13H18N2.C3H8.C2H6/c1-15-8-6-13(7-9-15)10-14-12-5-3-2-4-11(12)13;1-3-2;1-2/h2-5,14H,6-10H2,1H3;3H2,1-2H3;1-2H3. The molecule has 2 heterocycles. The Morgan fingerprint density at radius 3 is 2.25 bits per heavy atom. The van der Waals surface area contributed by atoms with Gasteiger partial charge in [0.05, 0.1) is 0 Å². The molecule has 2 nitrogen and oxygen atoms in total. The van der Waals surface area contributed by atoms with Gasteiger partial charge in [-0.2, -0.15) is 0 Å². The SMILES string of the molecule is CC.CCC.CN1CCC2(CC1)CNc1ccccc12. The first-order chi connectivity index (χ1) is 9.72. The van der Waals surface area contributed by atoms with Crippen molar-refractivity contribution in [1.82, 2.24) is 4.90 Å². The van der Waals surface area contributed by atoms with Gasteiger partial charge in [-0.1, -0.05) is 52.3 Å². The van der Waals surface area contributed by atoms with Gasteiger partial charge in [0.2, 0.25) is 0 Å². The highest BCUT2D eigenvalue weighted by molar-refractivity contribution is 5.60. The fourth-order valence-electron chi connectivity index (χ4n) is 2.95. The Labute approximate surface area is 125 Å². The molecule has 0 atom stereocenters. The third-order valence-electron chi connectivity index (χ3n) is 4.06. The summed E-state index contributed by atoms with van der Waals surface area (Å²) in [4.78, 5) is 2.44. The predicted molar refractivity (Wildman–Crippen MR) is 90.7 cm³/mol. The minimum absolute atomic E-state index is 0.434. The molecule has 0 amide bonds. The molecule has 0 aliphatic carbocycles. The zero-order chi connectivity index (χ0) is 15.0. The van der Waals surface area contributed by atoms with Crippen LogP contribution in [0.3, 0.4) is 0 Å². The molecule has 0 aromatic heterocycles. The maximum Gasteiger partial charge on any atom is 0.0379 e. The summed E-state index contributed by atoms with van der Waals surface area (Å²) in [6, 6.07) is 8.81. The first kappa shape index (κ1) is 17.0. The zero-order valence-corrected chi connectivity index (χ0v) is 14.0. The predicted octanol–water partition coefficient (Wildman–Crippen LogP) is 4.52. The number of fused-ring (bicyclic) bond motifs is 2. The number of likely N-dealkylation sites (tertiary alicyclic amines) is 1. The quantitative estimate of drug-likeness (QED) is 0.749. The molecule has 1 N–H and O–H groups in total. The van der Waals surface area contributed by atoms with E-state index in [4.69, 9.17) is 0 Å². The van der Waals surface area contributed by atoms with Gasteiger partial charge in [0.15, 0.2) is 0 Å². The molecule has 1 fully saturated rings. The number of benzene rings is 1. The Hall–Kier alpha value is -1.02. The van der Waals surface area contributed by atoms with Crippen molar-refractivity contribution in [2.24, 2.45) is 0 Å². The Bertz CT molecular complexity index is 379. The molecule has 2 aliphatic rings. The van der Waals surface area contributed by atoms with E-state index >= 15 is 0 Å². The van der Waals surface area contributed by atoms with Crippen molar-refractivity contribution in [3.8, 4) is 0 Å². The van der Waals surface area contributed by atoms with Crippen molar-refractivity contribution >= 4 is 5.69 Å². The maximum absolute atomic E-state index is 3.56. The molecule has 0 saturated carbocycles. The van der Waals surface area contributed by atoms with Crippen LogP contribution in [0.2, 0.25) is 0 Å². The van der Waals surface area contributed by atoms with Crippen LogP contribution in [0.4, 0.5) is 5.69 Å². The minimum Gasteiger partial charge on any atom is -0.384 e. The van der Waals surface area contributed by atoms with Crippen molar-refractivity contribution in [2.75, 3.05) is 32.0 Å². The van der Waals surface area contributed by atoms with Gasteiger partial charge in [0.1, 0.15) is 0 Å². The van der Waals surface area contributed by atoms with Crippen LogP contribution >= 0.6 is 0 Å². The van der Waals surface area contributed by atoms with E-state index in [1.54, 1.807) is 5.56 Å². The lowest BCUT2D eigenvalue weighted by Gasteiger charge is -2.37. The van der Waals surface area contributed by atoms with Gasteiger partial charge in [-0.3, -0.25) is 0 Å². The van der Waals surface area contributed by atoms with Crippen LogP contribution in [0.15, 0.2) is 24.3 Å². The Morgan fingerprint density at radius 2 is 1.65 bits per heavy atom. The van der Waals surface area contributed by atoms with E-state index in [1.807, 2.05) is 13.8 Å². The molecule has 20 heavy (non-hydrogen) atoms. The number of hydrogen-bond acceptors (Lipinski definition) is 2. The summed E-state index contributed by atoms with van der Waals surface area (Å²) in [7, 11) is 2.22. The Balaban J connectivity index is 0.000000357. The summed E-state index contributed by atoms with van der Waals surface area (Å²) >= 11 is 0. The largest absolute Gasteiger partial charge is 0.384 e. The van der Waals surface area contributed by atoms with E-state index < -0.39 is 0 Å². The molecule has 3 rings (SSSR count). The lowest BCUT2D eigenvalue weighted by molar-refractivity contribution is 0.200. The number of nitrogens with one attached hydrogen (secondary N) is 1. The maximum atomic E-state index is 3.56. The zero-order valence-electron chi connectivity index (χ0n) is 14.0. The van der Waals surface area contributed by atoms with Gasteiger partial charge in [-0.25, -0.2) is 0 Å². The Morgan fingerprint density at radius 1 is 1.10 bits per heavy atom. The molecule has 1 saturated heterocycles. The van der Waals surface area contributed by atoms with Crippen LogP contribution in [-0.2, 0) is 5.41 Å². The van der Waals surface area contributed by atoms with E-state index in [1.165, 1.54) is 38.0 Å². The molecule has 2 aliphatic heterocycles. The molecule has 0 bridgehead atoms. The highest BCUT2D eigenvalue weighted by Crippen LogP contribution is 2.43. The van der Waals surface area contributed by atoms with Crippen LogP contribution < -0.4 is 5.32 Å². The lowest BCUT2D eigenvalue weighted by atomic mass is 9.74. The second-order valence-corrected chi connectivity index (χ2v) is 5.69. The molecule has 0 radical (unpaired) electrons. The fourth-order valence-corrected chi connectivity index (χ4v) is 2.95. The van der Waals surface area contributed by atoms with Gasteiger partial charge in [0.25, 0.3) is 0 Å². The van der Waals surface area contributed by atoms with Gasteiger partial charge >= 0.3 is 0 Å². The van der Waals surface area contributed by atoms with Crippen molar-refractivity contribution in [2.45, 2.75) is 52.4 Å². The number of para-hydroxylation sites is 1. The van der Waals surface area contributed by atoms with Crippen LogP contribution in [0, 0.1) is 0 Å². The van der Waals surface area contributed by atoms with Crippen molar-refractivity contribution in [3.63, 3.8) is 0 Å². The first-order valence-corrected chi connectivity index (χ1v) is 8.24. The van der Waals surface area contributed by atoms with Crippen LogP contribution in [0.1, 0.15) is 52.5 Å². The summed E-state index contributed by atoms with van der Waals surface area (Å²) in [5.74, 6) is 0. The minimum atomic E-state index is 0.434. The van der Waals surface area contributed by atoms with E-state index in [9.17, 15) is 0 Å². The second-order valence-electron chi connectivity index (χ2n) is 5.69. The molecular formula is C18H32N2. The molecular weight excluding hydrogens is 244 g/mol. The number of rotatable bonds is 0. The highest BCUT2D eigenvalue weighted by atomic mass is 15.1. The third-order valence-corrected chi connectivity index (χ3v) is 4.06. The van der Waals surface area contributed by atoms with Crippen molar-refractivity contribution < 1.29 is 0 Å². The van der Waals surface area contributed by atoms with E-state index in [2.05, 4.69) is 55.4 Å². The van der Waals surface area contributed by atoms with Gasteiger partial charge in [-0.15, -0.1) is 0 Å². The number of piperidine rings is 1. The molecule has 1 spiro atoms. The van der Waals surface area contributed by atoms with Crippen LogP contribution in [0.5, 0.6) is 0 Å². The molecule has 2 heteroatoms. The second kappa shape index (κ2) is 8.31. The van der Waals surface area contributed by atoms with Gasteiger partial charge in [0, 0.05) is 17.6 Å². The third kappa shape index (κ3) is 3.76. The summed E-state index contributed by atoms with van der Waals surface area (Å²) in [5.41, 5.74) is 3.35. The summed E-state index contributed by atoms with van der Waals surface area (Å²) in [5, 5.41) is 3.56. The topological polar surface area (TPSA) is 15.3 Å². The summed E-state index contributed by atoms with van der Waals surface area (Å²) in [6.07, 6.45) is 3.85. The molecule has 114 valence electrons. The average Bonchev–Trinajstić information content (AvgIpc) is 2.85. The van der Waals surface area contributed by atoms with Crippen molar-refractivity contribution in [1.29, 1.82) is 0 Å². The highest BCUT2D eigenvalue weighted by Gasteiger charge is 2.40. The smallest absolute Gasteiger partial charge is 0.0379 e. The average molecular weight is 276 g/mol.